The second-order valence-electron chi connectivity index (χ2n) is 5.26. The molecule has 1 aliphatic carbocycles. The van der Waals surface area contributed by atoms with Crippen molar-refractivity contribution in [1.82, 2.24) is 10.3 Å². The Morgan fingerprint density at radius 2 is 2.00 bits per heavy atom. The van der Waals surface area contributed by atoms with Crippen molar-refractivity contribution < 1.29 is 4.79 Å². The van der Waals surface area contributed by atoms with E-state index in [1.807, 2.05) is 18.2 Å². The van der Waals surface area contributed by atoms with Crippen molar-refractivity contribution in [3.63, 3.8) is 0 Å². The van der Waals surface area contributed by atoms with Gasteiger partial charge in [0.25, 0.3) is 5.91 Å². The van der Waals surface area contributed by atoms with Crippen LogP contribution in [-0.4, -0.2) is 16.4 Å². The molecular formula is C16H15ClN2O. The zero-order chi connectivity index (χ0) is 14.0. The van der Waals surface area contributed by atoms with E-state index in [0.29, 0.717) is 10.7 Å². The summed E-state index contributed by atoms with van der Waals surface area (Å²) in [5.41, 5.74) is 1.50. The second-order valence-corrected chi connectivity index (χ2v) is 5.69. The number of rotatable bonds is 4. The number of nitrogens with one attached hydrogen (secondary N) is 1. The van der Waals surface area contributed by atoms with Crippen molar-refractivity contribution in [3.05, 3.63) is 64.9 Å². The number of carbonyl (C=O) groups excluding carboxylic acids is 1. The molecule has 1 amide bonds. The quantitative estimate of drug-likeness (QED) is 0.937. The maximum Gasteiger partial charge on any atom is 0.270 e. The van der Waals surface area contributed by atoms with Crippen LogP contribution in [0.25, 0.3) is 0 Å². The zero-order valence-electron chi connectivity index (χ0n) is 11.0. The number of amides is 1. The monoisotopic (exact) mass is 286 g/mol. The Kier molecular flexibility index (Phi) is 3.45. The lowest BCUT2D eigenvalue weighted by Crippen LogP contribution is -2.38. The predicted octanol–water partition coefficient (Wildman–Crippen LogP) is 3.24. The lowest BCUT2D eigenvalue weighted by molar-refractivity contribution is 0.0926. The molecule has 1 aliphatic rings. The standard InChI is InChI=1S/C16H15ClN2O/c17-13-6-9-18-14(10-13)15(20)19-16(7-8-16)11-12-4-2-1-3-5-12/h1-6,9-10H,7-8,11H2,(H,19,20). The van der Waals surface area contributed by atoms with Crippen LogP contribution in [0.15, 0.2) is 48.7 Å². The molecule has 3 nitrogen and oxygen atoms in total. The smallest absolute Gasteiger partial charge is 0.270 e. The van der Waals surface area contributed by atoms with Gasteiger partial charge >= 0.3 is 0 Å². The Hall–Kier alpha value is -1.87. The van der Waals surface area contributed by atoms with Crippen LogP contribution in [0.2, 0.25) is 5.02 Å². The van der Waals surface area contributed by atoms with Crippen LogP contribution in [0.3, 0.4) is 0 Å². The fourth-order valence-corrected chi connectivity index (χ4v) is 2.48. The highest BCUT2D eigenvalue weighted by atomic mass is 35.5. The molecule has 0 unspecified atom stereocenters. The molecule has 2 aromatic rings. The summed E-state index contributed by atoms with van der Waals surface area (Å²) in [6.45, 7) is 0. The minimum atomic E-state index is -0.152. The fourth-order valence-electron chi connectivity index (χ4n) is 2.32. The Labute approximate surface area is 123 Å². The third kappa shape index (κ3) is 2.99. The van der Waals surface area contributed by atoms with Gasteiger partial charge < -0.3 is 5.32 Å². The van der Waals surface area contributed by atoms with Gasteiger partial charge in [0.1, 0.15) is 5.69 Å². The van der Waals surface area contributed by atoms with Crippen LogP contribution in [-0.2, 0) is 6.42 Å². The lowest BCUT2D eigenvalue weighted by atomic mass is 10.0. The maximum atomic E-state index is 12.2. The summed E-state index contributed by atoms with van der Waals surface area (Å²) in [7, 11) is 0. The third-order valence-electron chi connectivity index (χ3n) is 3.57. The van der Waals surface area contributed by atoms with Crippen LogP contribution in [0.1, 0.15) is 28.9 Å². The number of halogens is 1. The molecule has 0 atom stereocenters. The summed E-state index contributed by atoms with van der Waals surface area (Å²) in [5, 5.41) is 3.63. The van der Waals surface area contributed by atoms with E-state index in [1.165, 1.54) is 5.56 Å². The first-order chi connectivity index (χ1) is 9.67. The van der Waals surface area contributed by atoms with E-state index < -0.39 is 0 Å². The van der Waals surface area contributed by atoms with Crippen molar-refractivity contribution in [2.24, 2.45) is 0 Å². The molecule has 102 valence electrons. The molecule has 0 aliphatic heterocycles. The van der Waals surface area contributed by atoms with E-state index in [4.69, 9.17) is 11.6 Å². The topological polar surface area (TPSA) is 42.0 Å². The average Bonchev–Trinajstić information content (AvgIpc) is 3.19. The van der Waals surface area contributed by atoms with Gasteiger partial charge in [-0.15, -0.1) is 0 Å². The average molecular weight is 287 g/mol. The number of nitrogens with zero attached hydrogens (tertiary/aromatic N) is 1. The number of pyridine rings is 1. The van der Waals surface area contributed by atoms with Gasteiger partial charge in [-0.25, -0.2) is 0 Å². The SMILES string of the molecule is O=C(NC1(Cc2ccccc2)CC1)c1cc(Cl)ccn1. The Bertz CT molecular complexity index is 623. The Morgan fingerprint density at radius 3 is 2.65 bits per heavy atom. The molecular weight excluding hydrogens is 272 g/mol. The molecule has 0 saturated heterocycles. The highest BCUT2D eigenvalue weighted by molar-refractivity contribution is 6.30. The number of carbonyl (C=O) groups is 1. The second kappa shape index (κ2) is 5.25. The zero-order valence-corrected chi connectivity index (χ0v) is 11.7. The molecule has 1 N–H and O–H groups in total. The van der Waals surface area contributed by atoms with E-state index in [1.54, 1.807) is 18.3 Å². The van der Waals surface area contributed by atoms with Gasteiger partial charge in [-0.1, -0.05) is 41.9 Å². The number of hydrogen-bond donors (Lipinski definition) is 1. The minimum absolute atomic E-state index is 0.109. The van der Waals surface area contributed by atoms with E-state index in [2.05, 4.69) is 22.4 Å². The number of hydrogen-bond acceptors (Lipinski definition) is 2. The van der Waals surface area contributed by atoms with Crippen molar-refractivity contribution in [3.8, 4) is 0 Å². The van der Waals surface area contributed by atoms with E-state index >= 15 is 0 Å². The van der Waals surface area contributed by atoms with Crippen molar-refractivity contribution >= 4 is 17.5 Å². The summed E-state index contributed by atoms with van der Waals surface area (Å²) in [6, 6.07) is 13.5. The molecule has 1 saturated carbocycles. The van der Waals surface area contributed by atoms with Gasteiger partial charge in [-0.3, -0.25) is 9.78 Å². The van der Waals surface area contributed by atoms with Crippen LogP contribution < -0.4 is 5.32 Å². The van der Waals surface area contributed by atoms with Gasteiger partial charge in [0, 0.05) is 16.8 Å². The van der Waals surface area contributed by atoms with Crippen molar-refractivity contribution in [1.29, 1.82) is 0 Å². The van der Waals surface area contributed by atoms with Gasteiger partial charge in [0.05, 0.1) is 0 Å². The van der Waals surface area contributed by atoms with E-state index in [0.717, 1.165) is 19.3 Å². The number of benzene rings is 1. The fraction of sp³-hybridized carbons (Fsp3) is 0.250. The molecule has 1 aromatic carbocycles. The third-order valence-corrected chi connectivity index (χ3v) is 3.81. The molecule has 3 rings (SSSR count). The summed E-state index contributed by atoms with van der Waals surface area (Å²) in [5.74, 6) is -0.152. The van der Waals surface area contributed by atoms with Gasteiger partial charge in [0.15, 0.2) is 0 Å². The largest absolute Gasteiger partial charge is 0.345 e. The van der Waals surface area contributed by atoms with Crippen LogP contribution in [0, 0.1) is 0 Å². The van der Waals surface area contributed by atoms with E-state index in [-0.39, 0.29) is 11.4 Å². The molecule has 1 aromatic heterocycles. The summed E-state index contributed by atoms with van der Waals surface area (Å²) >= 11 is 5.89. The Balaban J connectivity index is 1.69. The highest BCUT2D eigenvalue weighted by Gasteiger charge is 2.44. The van der Waals surface area contributed by atoms with Crippen LogP contribution in [0.5, 0.6) is 0 Å². The van der Waals surface area contributed by atoms with Gasteiger partial charge in [-0.2, -0.15) is 0 Å². The molecule has 1 heterocycles. The first kappa shape index (κ1) is 13.1. The number of aromatic nitrogens is 1. The summed E-state index contributed by atoms with van der Waals surface area (Å²) in [4.78, 5) is 16.3. The molecule has 20 heavy (non-hydrogen) atoms. The van der Waals surface area contributed by atoms with Gasteiger partial charge in [-0.05, 0) is 37.0 Å². The maximum absolute atomic E-state index is 12.2. The molecule has 4 heteroatoms. The molecule has 0 spiro atoms. The predicted molar refractivity (Wildman–Crippen MR) is 78.8 cm³/mol. The minimum Gasteiger partial charge on any atom is -0.345 e. The van der Waals surface area contributed by atoms with Crippen LogP contribution in [0.4, 0.5) is 0 Å². The van der Waals surface area contributed by atoms with Crippen molar-refractivity contribution in [2.45, 2.75) is 24.8 Å². The van der Waals surface area contributed by atoms with Crippen molar-refractivity contribution in [2.75, 3.05) is 0 Å². The van der Waals surface area contributed by atoms with Crippen LogP contribution >= 0.6 is 11.6 Å². The lowest BCUT2D eigenvalue weighted by Gasteiger charge is -2.17. The Morgan fingerprint density at radius 1 is 1.25 bits per heavy atom. The highest BCUT2D eigenvalue weighted by Crippen LogP contribution is 2.38. The first-order valence-electron chi connectivity index (χ1n) is 6.65. The molecule has 0 bridgehead atoms. The molecule has 1 fully saturated rings. The van der Waals surface area contributed by atoms with Gasteiger partial charge in [0.2, 0.25) is 0 Å². The normalized spacial score (nSPS) is 15.7. The summed E-state index contributed by atoms with van der Waals surface area (Å²) < 4.78 is 0. The summed E-state index contributed by atoms with van der Waals surface area (Å²) in [6.07, 6.45) is 4.43. The van der Waals surface area contributed by atoms with E-state index in [9.17, 15) is 4.79 Å². The molecule has 0 radical (unpaired) electrons. The first-order valence-corrected chi connectivity index (χ1v) is 7.03.